The zero-order valence-electron chi connectivity index (χ0n) is 11.8. The molecule has 0 aliphatic carbocycles. The standard InChI is InChI=1S/C13H17NO5S/c1-13(2)7-8-5-9(20(17,18)14(3)4)6-10(12(15)16)11(8)19-13/h5-6H,7H2,1-4H3,(H,15,16). The third kappa shape index (κ3) is 2.38. The lowest BCUT2D eigenvalue weighted by atomic mass is 10.0. The van der Waals surface area contributed by atoms with Gasteiger partial charge in [-0.1, -0.05) is 0 Å². The third-order valence-electron chi connectivity index (χ3n) is 3.14. The lowest BCUT2D eigenvalue weighted by molar-refractivity contribution is 0.0685. The second-order valence-corrected chi connectivity index (χ2v) is 7.74. The van der Waals surface area contributed by atoms with Gasteiger partial charge in [-0.15, -0.1) is 0 Å². The first kappa shape index (κ1) is 14.8. The van der Waals surface area contributed by atoms with Crippen LogP contribution < -0.4 is 4.74 Å². The van der Waals surface area contributed by atoms with Crippen molar-refractivity contribution in [1.29, 1.82) is 0 Å². The minimum Gasteiger partial charge on any atom is -0.486 e. The fraction of sp³-hybridized carbons (Fsp3) is 0.462. The Balaban J connectivity index is 2.67. The van der Waals surface area contributed by atoms with E-state index in [1.807, 2.05) is 13.8 Å². The number of hydrogen-bond acceptors (Lipinski definition) is 4. The molecule has 0 spiro atoms. The van der Waals surface area contributed by atoms with Crippen molar-refractivity contribution >= 4 is 16.0 Å². The smallest absolute Gasteiger partial charge is 0.339 e. The van der Waals surface area contributed by atoms with Crippen molar-refractivity contribution in [3.63, 3.8) is 0 Å². The van der Waals surface area contributed by atoms with Crippen LogP contribution in [0.3, 0.4) is 0 Å². The molecular formula is C13H17NO5S. The molecule has 0 radical (unpaired) electrons. The number of carboxylic acids is 1. The number of hydrogen-bond donors (Lipinski definition) is 1. The van der Waals surface area contributed by atoms with Gasteiger partial charge in [-0.3, -0.25) is 0 Å². The lowest BCUT2D eigenvalue weighted by Crippen LogP contribution is -2.25. The maximum absolute atomic E-state index is 12.2. The quantitative estimate of drug-likeness (QED) is 0.910. The SMILES string of the molecule is CN(C)S(=O)(=O)c1cc2c(c(C(=O)O)c1)OC(C)(C)C2. The number of ether oxygens (including phenoxy) is 1. The summed E-state index contributed by atoms with van der Waals surface area (Å²) in [7, 11) is -0.865. The summed E-state index contributed by atoms with van der Waals surface area (Å²) in [5.41, 5.74) is -0.0450. The van der Waals surface area contributed by atoms with Gasteiger partial charge >= 0.3 is 5.97 Å². The Labute approximate surface area is 118 Å². The van der Waals surface area contributed by atoms with Crippen LogP contribution >= 0.6 is 0 Å². The summed E-state index contributed by atoms with van der Waals surface area (Å²) < 4.78 is 31.0. The van der Waals surface area contributed by atoms with Crippen LogP contribution in [0.25, 0.3) is 0 Å². The van der Waals surface area contributed by atoms with Crippen LogP contribution in [0, 0.1) is 0 Å². The number of sulfonamides is 1. The van der Waals surface area contributed by atoms with Gasteiger partial charge in [0.15, 0.2) is 0 Å². The molecule has 0 saturated heterocycles. The largest absolute Gasteiger partial charge is 0.486 e. The molecule has 0 amide bonds. The lowest BCUT2D eigenvalue weighted by Gasteiger charge is -2.17. The first-order chi connectivity index (χ1) is 9.04. The van der Waals surface area contributed by atoms with E-state index in [1.165, 1.54) is 20.2 Å². The molecule has 0 atom stereocenters. The van der Waals surface area contributed by atoms with E-state index in [9.17, 15) is 18.3 Å². The molecule has 2 rings (SSSR count). The second kappa shape index (κ2) is 4.46. The Morgan fingerprint density at radius 2 is 1.95 bits per heavy atom. The van der Waals surface area contributed by atoms with Crippen LogP contribution in [0.1, 0.15) is 29.8 Å². The normalized spacial score (nSPS) is 16.9. The number of aromatic carboxylic acids is 1. The van der Waals surface area contributed by atoms with E-state index in [2.05, 4.69) is 0 Å². The van der Waals surface area contributed by atoms with Gasteiger partial charge in [-0.05, 0) is 26.0 Å². The number of carbonyl (C=O) groups is 1. The summed E-state index contributed by atoms with van der Waals surface area (Å²) in [6.45, 7) is 3.66. The molecule has 0 saturated carbocycles. The van der Waals surface area contributed by atoms with Crippen molar-refractivity contribution in [2.24, 2.45) is 0 Å². The summed E-state index contributed by atoms with van der Waals surface area (Å²) in [6, 6.07) is 2.64. The van der Waals surface area contributed by atoms with Gasteiger partial charge < -0.3 is 9.84 Å². The molecule has 6 nitrogen and oxygen atoms in total. The number of nitrogens with zero attached hydrogens (tertiary/aromatic N) is 1. The minimum absolute atomic E-state index is 0.0278. The molecule has 20 heavy (non-hydrogen) atoms. The Morgan fingerprint density at radius 3 is 2.45 bits per heavy atom. The summed E-state index contributed by atoms with van der Waals surface area (Å²) in [4.78, 5) is 11.3. The first-order valence-electron chi connectivity index (χ1n) is 6.06. The molecule has 1 N–H and O–H groups in total. The van der Waals surface area contributed by atoms with Crippen LogP contribution in [0.15, 0.2) is 17.0 Å². The predicted octanol–water partition coefficient (Wildman–Crippen LogP) is 1.35. The van der Waals surface area contributed by atoms with Crippen LogP contribution in [0.4, 0.5) is 0 Å². The van der Waals surface area contributed by atoms with E-state index in [1.54, 1.807) is 0 Å². The van der Waals surface area contributed by atoms with Gasteiger partial charge in [0.05, 0.1) is 4.90 Å². The van der Waals surface area contributed by atoms with Gasteiger partial charge in [-0.2, -0.15) is 0 Å². The highest BCUT2D eigenvalue weighted by Crippen LogP contribution is 2.39. The van der Waals surface area contributed by atoms with Crippen molar-refractivity contribution in [3.05, 3.63) is 23.3 Å². The monoisotopic (exact) mass is 299 g/mol. The highest BCUT2D eigenvalue weighted by molar-refractivity contribution is 7.89. The van der Waals surface area contributed by atoms with Crippen molar-refractivity contribution in [2.75, 3.05) is 14.1 Å². The zero-order valence-corrected chi connectivity index (χ0v) is 12.6. The second-order valence-electron chi connectivity index (χ2n) is 5.59. The third-order valence-corrected chi connectivity index (χ3v) is 4.94. The van der Waals surface area contributed by atoms with Gasteiger partial charge in [0.1, 0.15) is 16.9 Å². The molecule has 0 unspecified atom stereocenters. The molecular weight excluding hydrogens is 282 g/mol. The Hall–Kier alpha value is -1.60. The Kier molecular flexibility index (Phi) is 3.30. The molecule has 7 heteroatoms. The fourth-order valence-corrected chi connectivity index (χ4v) is 3.18. The maximum atomic E-state index is 12.2. The summed E-state index contributed by atoms with van der Waals surface area (Å²) in [5, 5.41) is 9.26. The Bertz CT molecular complexity index is 676. The van der Waals surface area contributed by atoms with Crippen LogP contribution in [-0.2, 0) is 16.4 Å². The minimum atomic E-state index is -3.68. The van der Waals surface area contributed by atoms with Crippen molar-refractivity contribution < 1.29 is 23.1 Å². The van der Waals surface area contributed by atoms with Gasteiger partial charge in [0.25, 0.3) is 0 Å². The molecule has 1 aliphatic rings. The van der Waals surface area contributed by atoms with Crippen LogP contribution in [0.5, 0.6) is 5.75 Å². The number of rotatable bonds is 3. The van der Waals surface area contributed by atoms with E-state index in [0.717, 1.165) is 10.4 Å². The Morgan fingerprint density at radius 1 is 1.35 bits per heavy atom. The predicted molar refractivity (Wildman–Crippen MR) is 72.7 cm³/mol. The zero-order chi connectivity index (χ0) is 15.3. The van der Waals surface area contributed by atoms with Crippen molar-refractivity contribution in [3.8, 4) is 5.75 Å². The molecule has 1 aromatic rings. The highest BCUT2D eigenvalue weighted by atomic mass is 32.2. The highest BCUT2D eigenvalue weighted by Gasteiger charge is 2.35. The van der Waals surface area contributed by atoms with Crippen LogP contribution in [0.2, 0.25) is 0 Å². The number of benzene rings is 1. The maximum Gasteiger partial charge on any atom is 0.339 e. The summed E-state index contributed by atoms with van der Waals surface area (Å²) in [6.07, 6.45) is 0.472. The van der Waals surface area contributed by atoms with Crippen LogP contribution in [-0.4, -0.2) is 43.5 Å². The summed E-state index contributed by atoms with van der Waals surface area (Å²) in [5.74, 6) is -0.935. The molecule has 1 aromatic carbocycles. The van der Waals surface area contributed by atoms with Gasteiger partial charge in [0, 0.05) is 26.1 Å². The first-order valence-corrected chi connectivity index (χ1v) is 7.50. The van der Waals surface area contributed by atoms with E-state index in [0.29, 0.717) is 12.0 Å². The van der Waals surface area contributed by atoms with E-state index in [-0.39, 0.29) is 16.2 Å². The molecule has 1 aliphatic heterocycles. The topological polar surface area (TPSA) is 83.9 Å². The molecule has 0 bridgehead atoms. The average Bonchev–Trinajstić information content (AvgIpc) is 2.60. The van der Waals surface area contributed by atoms with E-state index < -0.39 is 21.6 Å². The van der Waals surface area contributed by atoms with Gasteiger partial charge in [0.2, 0.25) is 10.0 Å². The molecule has 0 aromatic heterocycles. The average molecular weight is 299 g/mol. The van der Waals surface area contributed by atoms with Crippen molar-refractivity contribution in [2.45, 2.75) is 30.8 Å². The molecule has 1 heterocycles. The molecule has 0 fully saturated rings. The van der Waals surface area contributed by atoms with E-state index in [4.69, 9.17) is 4.74 Å². The van der Waals surface area contributed by atoms with Crippen molar-refractivity contribution in [1.82, 2.24) is 4.31 Å². The fourth-order valence-electron chi connectivity index (χ4n) is 2.20. The number of fused-ring (bicyclic) bond motifs is 1. The summed E-state index contributed by atoms with van der Waals surface area (Å²) >= 11 is 0. The van der Waals surface area contributed by atoms with Gasteiger partial charge in [-0.25, -0.2) is 17.5 Å². The number of carboxylic acid groups (broad SMARTS) is 1. The van der Waals surface area contributed by atoms with E-state index >= 15 is 0 Å². The molecule has 110 valence electrons.